The number of carboxylic acids is 1. The molecule has 2 rings (SSSR count). The SMILES string of the molecule is CC(C)N1[C@H]2CC[C@H]1CC(C(=O)O)C2. The summed E-state index contributed by atoms with van der Waals surface area (Å²) >= 11 is 0. The van der Waals surface area contributed by atoms with Gasteiger partial charge in [0.15, 0.2) is 0 Å². The topological polar surface area (TPSA) is 40.5 Å². The molecule has 0 aromatic heterocycles. The van der Waals surface area contributed by atoms with Crippen molar-refractivity contribution in [2.45, 2.75) is 57.7 Å². The first-order valence-corrected chi connectivity index (χ1v) is 5.60. The van der Waals surface area contributed by atoms with E-state index in [9.17, 15) is 4.79 Å². The van der Waals surface area contributed by atoms with E-state index >= 15 is 0 Å². The Bertz CT molecular complexity index is 225. The molecule has 0 aliphatic carbocycles. The van der Waals surface area contributed by atoms with Crippen LogP contribution in [0.15, 0.2) is 0 Å². The fourth-order valence-corrected chi connectivity index (χ4v) is 3.26. The molecule has 0 saturated carbocycles. The van der Waals surface area contributed by atoms with E-state index in [1.807, 2.05) is 0 Å². The molecule has 0 aromatic carbocycles. The summed E-state index contributed by atoms with van der Waals surface area (Å²) in [6.45, 7) is 4.43. The molecule has 1 N–H and O–H groups in total. The molecule has 0 amide bonds. The summed E-state index contributed by atoms with van der Waals surface area (Å²) in [5.41, 5.74) is 0. The lowest BCUT2D eigenvalue weighted by molar-refractivity contribution is -0.144. The van der Waals surface area contributed by atoms with Crippen molar-refractivity contribution in [1.29, 1.82) is 0 Å². The number of hydrogen-bond acceptors (Lipinski definition) is 2. The summed E-state index contributed by atoms with van der Waals surface area (Å²) in [5.74, 6) is -0.673. The van der Waals surface area contributed by atoms with Crippen molar-refractivity contribution in [2.75, 3.05) is 0 Å². The zero-order valence-corrected chi connectivity index (χ0v) is 8.94. The van der Waals surface area contributed by atoms with Gasteiger partial charge in [0, 0.05) is 18.1 Å². The van der Waals surface area contributed by atoms with Gasteiger partial charge >= 0.3 is 5.97 Å². The summed E-state index contributed by atoms with van der Waals surface area (Å²) in [4.78, 5) is 13.5. The Morgan fingerprint density at radius 2 is 1.79 bits per heavy atom. The molecule has 80 valence electrons. The first-order valence-electron chi connectivity index (χ1n) is 5.60. The Kier molecular flexibility index (Phi) is 2.52. The van der Waals surface area contributed by atoms with Crippen molar-refractivity contribution in [3.05, 3.63) is 0 Å². The van der Waals surface area contributed by atoms with Gasteiger partial charge < -0.3 is 5.11 Å². The van der Waals surface area contributed by atoms with Crippen molar-refractivity contribution < 1.29 is 9.90 Å². The number of hydrogen-bond donors (Lipinski definition) is 1. The fourth-order valence-electron chi connectivity index (χ4n) is 3.26. The number of nitrogens with zero attached hydrogens (tertiary/aromatic N) is 1. The molecule has 0 radical (unpaired) electrons. The van der Waals surface area contributed by atoms with Gasteiger partial charge in [0.05, 0.1) is 5.92 Å². The highest BCUT2D eigenvalue weighted by Crippen LogP contribution is 2.39. The van der Waals surface area contributed by atoms with Crippen LogP contribution in [0.3, 0.4) is 0 Å². The third-order valence-electron chi connectivity index (χ3n) is 3.74. The van der Waals surface area contributed by atoms with Gasteiger partial charge in [-0.3, -0.25) is 9.69 Å². The van der Waals surface area contributed by atoms with Crippen LogP contribution in [-0.2, 0) is 4.79 Å². The average Bonchev–Trinajstić information content (AvgIpc) is 2.37. The van der Waals surface area contributed by atoms with Gasteiger partial charge in [-0.15, -0.1) is 0 Å². The second-order valence-corrected chi connectivity index (χ2v) is 4.93. The molecule has 3 nitrogen and oxygen atoms in total. The maximum Gasteiger partial charge on any atom is 0.306 e. The van der Waals surface area contributed by atoms with E-state index in [2.05, 4.69) is 18.7 Å². The molecule has 0 unspecified atom stereocenters. The second-order valence-electron chi connectivity index (χ2n) is 4.93. The zero-order valence-electron chi connectivity index (χ0n) is 8.94. The average molecular weight is 197 g/mol. The minimum atomic E-state index is -0.592. The number of rotatable bonds is 2. The van der Waals surface area contributed by atoms with Crippen LogP contribution in [0.2, 0.25) is 0 Å². The normalized spacial score (nSPS) is 37.8. The molecule has 2 saturated heterocycles. The van der Waals surface area contributed by atoms with Crippen molar-refractivity contribution >= 4 is 5.97 Å². The van der Waals surface area contributed by atoms with Gasteiger partial charge in [-0.2, -0.15) is 0 Å². The van der Waals surface area contributed by atoms with E-state index in [1.54, 1.807) is 0 Å². The smallest absolute Gasteiger partial charge is 0.306 e. The third-order valence-corrected chi connectivity index (χ3v) is 3.74. The van der Waals surface area contributed by atoms with E-state index in [4.69, 9.17) is 5.11 Å². The number of fused-ring (bicyclic) bond motifs is 2. The van der Waals surface area contributed by atoms with E-state index in [1.165, 1.54) is 12.8 Å². The second kappa shape index (κ2) is 3.54. The van der Waals surface area contributed by atoms with Crippen molar-refractivity contribution in [3.8, 4) is 0 Å². The highest BCUT2D eigenvalue weighted by atomic mass is 16.4. The largest absolute Gasteiger partial charge is 0.481 e. The van der Waals surface area contributed by atoms with Crippen LogP contribution in [0.25, 0.3) is 0 Å². The standard InChI is InChI=1S/C11H19NO2/c1-7(2)12-9-3-4-10(12)6-8(5-9)11(13)14/h7-10H,3-6H2,1-2H3,(H,13,14)/t9-,10-/m0/s1. The predicted molar refractivity (Wildman–Crippen MR) is 54.1 cm³/mol. The molecule has 2 aliphatic heterocycles. The molecular weight excluding hydrogens is 178 g/mol. The number of aliphatic carboxylic acids is 1. The number of carbonyl (C=O) groups is 1. The molecule has 2 atom stereocenters. The summed E-state index contributed by atoms with van der Waals surface area (Å²) < 4.78 is 0. The number of piperidine rings is 1. The zero-order chi connectivity index (χ0) is 10.3. The lowest BCUT2D eigenvalue weighted by atomic mass is 9.90. The van der Waals surface area contributed by atoms with Gasteiger partial charge in [-0.1, -0.05) is 0 Å². The minimum absolute atomic E-state index is 0.0810. The Labute approximate surface area is 85.1 Å². The van der Waals surface area contributed by atoms with Crippen LogP contribution in [-0.4, -0.2) is 34.1 Å². The highest BCUT2D eigenvalue weighted by molar-refractivity contribution is 5.70. The summed E-state index contributed by atoms with van der Waals surface area (Å²) in [6.07, 6.45) is 4.13. The van der Waals surface area contributed by atoms with Crippen molar-refractivity contribution in [3.63, 3.8) is 0 Å². The first kappa shape index (κ1) is 9.97. The molecular formula is C11H19NO2. The molecule has 2 bridgehead atoms. The quantitative estimate of drug-likeness (QED) is 0.732. The Morgan fingerprint density at radius 3 is 2.14 bits per heavy atom. The summed E-state index contributed by atoms with van der Waals surface area (Å²) in [7, 11) is 0. The number of carboxylic acid groups (broad SMARTS) is 1. The van der Waals surface area contributed by atoms with Crippen LogP contribution in [0.1, 0.15) is 39.5 Å². The Hall–Kier alpha value is -0.570. The molecule has 2 heterocycles. The predicted octanol–water partition coefficient (Wildman–Crippen LogP) is 1.72. The monoisotopic (exact) mass is 197 g/mol. The first-order chi connectivity index (χ1) is 6.59. The molecule has 3 heteroatoms. The minimum Gasteiger partial charge on any atom is -0.481 e. The molecule has 14 heavy (non-hydrogen) atoms. The van der Waals surface area contributed by atoms with Gasteiger partial charge in [-0.25, -0.2) is 0 Å². The lowest BCUT2D eigenvalue weighted by Crippen LogP contribution is -2.48. The molecule has 0 aromatic rings. The van der Waals surface area contributed by atoms with E-state index in [-0.39, 0.29) is 5.92 Å². The van der Waals surface area contributed by atoms with E-state index < -0.39 is 5.97 Å². The lowest BCUT2D eigenvalue weighted by Gasteiger charge is -2.40. The maximum absolute atomic E-state index is 10.9. The third kappa shape index (κ3) is 1.54. The van der Waals surface area contributed by atoms with E-state index in [0.29, 0.717) is 18.1 Å². The molecule has 2 fully saturated rings. The van der Waals surface area contributed by atoms with Crippen molar-refractivity contribution in [1.82, 2.24) is 4.90 Å². The van der Waals surface area contributed by atoms with Gasteiger partial charge in [0.25, 0.3) is 0 Å². The summed E-state index contributed by atoms with van der Waals surface area (Å²) in [5, 5.41) is 9.01. The Balaban J connectivity index is 2.08. The van der Waals surface area contributed by atoms with Gasteiger partial charge in [0.1, 0.15) is 0 Å². The van der Waals surface area contributed by atoms with E-state index in [0.717, 1.165) is 12.8 Å². The van der Waals surface area contributed by atoms with Gasteiger partial charge in [0.2, 0.25) is 0 Å². The van der Waals surface area contributed by atoms with Crippen LogP contribution >= 0.6 is 0 Å². The molecule has 0 spiro atoms. The summed E-state index contributed by atoms with van der Waals surface area (Å²) in [6, 6.07) is 1.65. The van der Waals surface area contributed by atoms with Gasteiger partial charge in [-0.05, 0) is 39.5 Å². The molecule has 2 aliphatic rings. The van der Waals surface area contributed by atoms with Crippen LogP contribution in [0.5, 0.6) is 0 Å². The van der Waals surface area contributed by atoms with Crippen LogP contribution in [0.4, 0.5) is 0 Å². The fraction of sp³-hybridized carbons (Fsp3) is 0.909. The Morgan fingerprint density at radius 1 is 1.29 bits per heavy atom. The highest BCUT2D eigenvalue weighted by Gasteiger charge is 2.43. The van der Waals surface area contributed by atoms with Crippen molar-refractivity contribution in [2.24, 2.45) is 5.92 Å². The van der Waals surface area contributed by atoms with Crippen LogP contribution in [0, 0.1) is 5.92 Å². The maximum atomic E-state index is 10.9. The van der Waals surface area contributed by atoms with Crippen LogP contribution < -0.4 is 0 Å².